The number of ether oxygens (including phenoxy) is 1. The van der Waals surface area contributed by atoms with Crippen LogP contribution in [0.3, 0.4) is 0 Å². The summed E-state index contributed by atoms with van der Waals surface area (Å²) in [4.78, 5) is 5.27. The highest BCUT2D eigenvalue weighted by atomic mass is 16.5. The van der Waals surface area contributed by atoms with Crippen molar-refractivity contribution in [3.05, 3.63) is 71.5 Å². The Morgan fingerprint density at radius 2 is 1.68 bits per heavy atom. The van der Waals surface area contributed by atoms with Gasteiger partial charge in [0.1, 0.15) is 5.75 Å². The SMILES string of the molecule is CCOc1ccc([C@@H](c2nnnn2CCc2ccccc2)N2CCN(C3CCCC3)CC2)cc1. The predicted molar refractivity (Wildman–Crippen MR) is 133 cm³/mol. The van der Waals surface area contributed by atoms with Gasteiger partial charge in [-0.2, -0.15) is 0 Å². The minimum absolute atomic E-state index is 0.0344. The summed E-state index contributed by atoms with van der Waals surface area (Å²) in [6.45, 7) is 7.74. The van der Waals surface area contributed by atoms with Crippen molar-refractivity contribution in [3.63, 3.8) is 0 Å². The van der Waals surface area contributed by atoms with E-state index >= 15 is 0 Å². The van der Waals surface area contributed by atoms with Crippen LogP contribution in [0.1, 0.15) is 55.6 Å². The van der Waals surface area contributed by atoms with Crippen molar-refractivity contribution in [1.29, 1.82) is 0 Å². The monoisotopic (exact) mass is 460 g/mol. The highest BCUT2D eigenvalue weighted by molar-refractivity contribution is 5.32. The van der Waals surface area contributed by atoms with Crippen molar-refractivity contribution in [3.8, 4) is 5.75 Å². The third kappa shape index (κ3) is 5.31. The van der Waals surface area contributed by atoms with Crippen LogP contribution in [-0.4, -0.2) is 68.8 Å². The lowest BCUT2D eigenvalue weighted by molar-refractivity contribution is 0.0770. The Morgan fingerprint density at radius 1 is 0.941 bits per heavy atom. The Morgan fingerprint density at radius 3 is 2.38 bits per heavy atom. The molecule has 2 aliphatic rings. The summed E-state index contributed by atoms with van der Waals surface area (Å²) in [5.74, 6) is 1.83. The first-order chi connectivity index (χ1) is 16.8. The summed E-state index contributed by atoms with van der Waals surface area (Å²) in [6, 6.07) is 19.9. The molecule has 0 amide bonds. The number of hydrogen-bond donors (Lipinski definition) is 0. The van der Waals surface area contributed by atoms with E-state index in [9.17, 15) is 0 Å². The third-order valence-corrected chi connectivity index (χ3v) is 7.32. The van der Waals surface area contributed by atoms with Crippen LogP contribution in [0.25, 0.3) is 0 Å². The van der Waals surface area contributed by atoms with Gasteiger partial charge < -0.3 is 4.74 Å². The van der Waals surface area contributed by atoms with Crippen LogP contribution in [-0.2, 0) is 13.0 Å². The molecular weight excluding hydrogens is 424 g/mol. The summed E-state index contributed by atoms with van der Waals surface area (Å²) in [7, 11) is 0. The van der Waals surface area contributed by atoms with Gasteiger partial charge in [-0.05, 0) is 59.9 Å². The maximum absolute atomic E-state index is 5.69. The van der Waals surface area contributed by atoms with Gasteiger partial charge in [0.2, 0.25) is 0 Å². The number of rotatable bonds is 9. The van der Waals surface area contributed by atoms with E-state index in [1.807, 2.05) is 11.6 Å². The molecule has 2 aromatic carbocycles. The Kier molecular flexibility index (Phi) is 7.51. The van der Waals surface area contributed by atoms with Crippen LogP contribution < -0.4 is 4.74 Å². The fourth-order valence-corrected chi connectivity index (χ4v) is 5.51. The standard InChI is InChI=1S/C27H36N6O/c1-2-34-25-14-12-23(13-15-25)26(32-20-18-31(19-21-32)24-10-6-7-11-24)27-28-29-30-33(27)17-16-22-8-4-3-5-9-22/h3-5,8-9,12-15,24,26H,2,6-7,10-11,16-21H2,1H3/t26-/m0/s1. The van der Waals surface area contributed by atoms with E-state index in [-0.39, 0.29) is 6.04 Å². The zero-order chi connectivity index (χ0) is 23.2. The molecule has 0 unspecified atom stereocenters. The molecule has 3 aromatic rings. The van der Waals surface area contributed by atoms with Crippen molar-refractivity contribution < 1.29 is 4.74 Å². The molecule has 7 nitrogen and oxygen atoms in total. The van der Waals surface area contributed by atoms with Crippen LogP contribution in [0.15, 0.2) is 54.6 Å². The molecule has 0 N–H and O–H groups in total. The van der Waals surface area contributed by atoms with E-state index in [0.717, 1.165) is 56.8 Å². The molecule has 34 heavy (non-hydrogen) atoms. The summed E-state index contributed by atoms with van der Waals surface area (Å²) in [5.41, 5.74) is 2.51. The molecule has 5 rings (SSSR count). The molecule has 180 valence electrons. The van der Waals surface area contributed by atoms with Crippen LogP contribution in [0, 0.1) is 0 Å². The minimum atomic E-state index is 0.0344. The van der Waals surface area contributed by atoms with Crippen LogP contribution in [0.5, 0.6) is 5.75 Å². The molecule has 1 atom stereocenters. The molecule has 0 spiro atoms. The molecular formula is C27H36N6O. The largest absolute Gasteiger partial charge is 0.494 e. The molecule has 2 heterocycles. The van der Waals surface area contributed by atoms with Gasteiger partial charge in [-0.25, -0.2) is 4.68 Å². The average molecular weight is 461 g/mol. The maximum Gasteiger partial charge on any atom is 0.173 e. The maximum atomic E-state index is 5.69. The van der Waals surface area contributed by atoms with Crippen molar-refractivity contribution in [2.24, 2.45) is 0 Å². The van der Waals surface area contributed by atoms with E-state index in [1.54, 1.807) is 0 Å². The van der Waals surface area contributed by atoms with Gasteiger partial charge in [-0.15, -0.1) is 5.10 Å². The summed E-state index contributed by atoms with van der Waals surface area (Å²) in [6.07, 6.45) is 6.40. The minimum Gasteiger partial charge on any atom is -0.494 e. The number of nitrogens with zero attached hydrogens (tertiary/aromatic N) is 6. The van der Waals surface area contributed by atoms with Crippen molar-refractivity contribution in [1.82, 2.24) is 30.0 Å². The Bertz CT molecular complexity index is 1010. The van der Waals surface area contributed by atoms with E-state index < -0.39 is 0 Å². The lowest BCUT2D eigenvalue weighted by Crippen LogP contribution is -2.51. The molecule has 1 saturated carbocycles. The van der Waals surface area contributed by atoms with E-state index in [0.29, 0.717) is 6.61 Å². The van der Waals surface area contributed by atoms with Crippen LogP contribution in [0.4, 0.5) is 0 Å². The lowest BCUT2D eigenvalue weighted by Gasteiger charge is -2.41. The number of benzene rings is 2. The van der Waals surface area contributed by atoms with Gasteiger partial charge in [0, 0.05) is 38.8 Å². The molecule has 1 aromatic heterocycles. The number of piperazine rings is 1. The van der Waals surface area contributed by atoms with Crippen molar-refractivity contribution in [2.45, 2.75) is 57.7 Å². The molecule has 1 aliphatic carbocycles. The zero-order valence-corrected chi connectivity index (χ0v) is 20.2. The third-order valence-electron chi connectivity index (χ3n) is 7.32. The van der Waals surface area contributed by atoms with Gasteiger partial charge in [-0.1, -0.05) is 55.3 Å². The van der Waals surface area contributed by atoms with Crippen LogP contribution in [0.2, 0.25) is 0 Å². The molecule has 1 aliphatic heterocycles. The topological polar surface area (TPSA) is 59.3 Å². The van der Waals surface area contributed by atoms with E-state index in [4.69, 9.17) is 4.74 Å². The second-order valence-electron chi connectivity index (χ2n) is 9.41. The molecule has 2 fully saturated rings. The van der Waals surface area contributed by atoms with Crippen molar-refractivity contribution >= 4 is 0 Å². The second kappa shape index (κ2) is 11.1. The number of hydrogen-bond acceptors (Lipinski definition) is 6. The van der Waals surface area contributed by atoms with E-state index in [1.165, 1.54) is 36.8 Å². The second-order valence-corrected chi connectivity index (χ2v) is 9.41. The van der Waals surface area contributed by atoms with Gasteiger partial charge >= 0.3 is 0 Å². The first kappa shape index (κ1) is 23.0. The van der Waals surface area contributed by atoms with Gasteiger partial charge in [0.25, 0.3) is 0 Å². The zero-order valence-electron chi connectivity index (χ0n) is 20.2. The highest BCUT2D eigenvalue weighted by Crippen LogP contribution is 2.31. The first-order valence-corrected chi connectivity index (χ1v) is 12.8. The number of aromatic nitrogens is 4. The average Bonchev–Trinajstić information content (AvgIpc) is 3.58. The molecule has 0 bridgehead atoms. The Balaban J connectivity index is 1.37. The molecule has 0 radical (unpaired) electrons. The summed E-state index contributed by atoms with van der Waals surface area (Å²) in [5, 5.41) is 13.0. The van der Waals surface area contributed by atoms with Crippen molar-refractivity contribution in [2.75, 3.05) is 32.8 Å². The van der Waals surface area contributed by atoms with Crippen LogP contribution >= 0.6 is 0 Å². The Labute approximate surface area is 202 Å². The van der Waals surface area contributed by atoms with Gasteiger partial charge in [0.15, 0.2) is 5.82 Å². The molecule has 1 saturated heterocycles. The number of aryl methyl sites for hydroxylation is 2. The fraction of sp³-hybridized carbons (Fsp3) is 0.519. The Hall–Kier alpha value is -2.77. The quantitative estimate of drug-likeness (QED) is 0.482. The molecule has 7 heteroatoms. The summed E-state index contributed by atoms with van der Waals surface area (Å²) < 4.78 is 7.69. The lowest BCUT2D eigenvalue weighted by atomic mass is 10.0. The summed E-state index contributed by atoms with van der Waals surface area (Å²) >= 11 is 0. The van der Waals surface area contributed by atoms with E-state index in [2.05, 4.69) is 79.9 Å². The van der Waals surface area contributed by atoms with Gasteiger partial charge in [-0.3, -0.25) is 9.80 Å². The fourth-order valence-electron chi connectivity index (χ4n) is 5.51. The van der Waals surface area contributed by atoms with Gasteiger partial charge in [0.05, 0.1) is 12.6 Å². The highest BCUT2D eigenvalue weighted by Gasteiger charge is 2.33. The first-order valence-electron chi connectivity index (χ1n) is 12.8. The smallest absolute Gasteiger partial charge is 0.173 e. The normalized spacial score (nSPS) is 18.9. The predicted octanol–water partition coefficient (Wildman–Crippen LogP) is 3.96. The number of tetrazole rings is 1.